The molecular formula is C32H43BrCl2N8S2. The lowest BCUT2D eigenvalue weighted by molar-refractivity contribution is 0.136. The number of piperidine rings is 4. The Bertz CT molecular complexity index is 1480. The van der Waals surface area contributed by atoms with E-state index in [2.05, 4.69) is 50.9 Å². The molecule has 0 radical (unpaired) electrons. The molecule has 8 heterocycles. The quantitative estimate of drug-likeness (QED) is 0.211. The van der Waals surface area contributed by atoms with Gasteiger partial charge in [-0.1, -0.05) is 58.7 Å². The SMILES string of the molecule is C1CCN(C2CCNCC2)CC1.Clc1ccc2nc(Br)sc2n1.Clc1ccc2nc(N3CCC(N4CCCCC4)CC3)sc2n1. The molecule has 0 bridgehead atoms. The molecule has 4 aromatic heterocycles. The summed E-state index contributed by atoms with van der Waals surface area (Å²) in [6, 6.07) is 9.05. The molecule has 0 amide bonds. The standard InChI is InChI=1S/C16H21ClN4S.C10H20N2.C6H2BrClN2S/c17-14-5-4-13-15(19-14)22-16(18-13)21-10-6-12(7-11-21)20-8-2-1-3-9-20;1-2-8-12(9-3-1)10-4-6-11-7-5-10;7-6-9-3-1-2-4(8)10-5(3)11-6/h4-5,12H,1-3,6-11H2;10-11H,1-9H2;1-2H. The average Bonchev–Trinajstić information content (AvgIpc) is 3.68. The van der Waals surface area contributed by atoms with Crippen molar-refractivity contribution >= 4 is 87.6 Å². The Morgan fingerprint density at radius 2 is 1.13 bits per heavy atom. The number of thiazole rings is 2. The molecule has 244 valence electrons. The summed E-state index contributed by atoms with van der Waals surface area (Å²) >= 11 is 18.1. The van der Waals surface area contributed by atoms with Gasteiger partial charge >= 0.3 is 0 Å². The van der Waals surface area contributed by atoms with E-state index in [1.807, 2.05) is 18.2 Å². The van der Waals surface area contributed by atoms with Gasteiger partial charge in [0.25, 0.3) is 0 Å². The summed E-state index contributed by atoms with van der Waals surface area (Å²) in [5, 5.41) is 5.58. The maximum atomic E-state index is 5.97. The number of hydrogen-bond acceptors (Lipinski definition) is 10. The van der Waals surface area contributed by atoms with E-state index >= 15 is 0 Å². The number of nitrogens with one attached hydrogen (secondary N) is 1. The van der Waals surface area contributed by atoms with Gasteiger partial charge in [0.2, 0.25) is 0 Å². The summed E-state index contributed by atoms with van der Waals surface area (Å²) in [6.07, 6.45) is 13.8. The van der Waals surface area contributed by atoms with Crippen LogP contribution in [-0.4, -0.2) is 94.2 Å². The molecule has 0 saturated carbocycles. The van der Waals surface area contributed by atoms with Gasteiger partial charge in [-0.3, -0.25) is 0 Å². The van der Waals surface area contributed by atoms with Gasteiger partial charge < -0.3 is 20.0 Å². The summed E-state index contributed by atoms with van der Waals surface area (Å²) in [5.74, 6) is 0. The second-order valence-electron chi connectivity index (χ2n) is 12.3. The van der Waals surface area contributed by atoms with Crippen molar-refractivity contribution in [3.8, 4) is 0 Å². The van der Waals surface area contributed by atoms with Crippen molar-refractivity contribution in [3.05, 3.63) is 38.5 Å². The molecule has 1 N–H and O–H groups in total. The number of rotatable bonds is 3. The number of halogens is 3. The topological polar surface area (TPSA) is 73.3 Å². The third kappa shape index (κ3) is 9.47. The molecular weight excluding hydrogens is 711 g/mol. The lowest BCUT2D eigenvalue weighted by atomic mass is 10.0. The fraction of sp³-hybridized carbons (Fsp3) is 0.625. The first kappa shape index (κ1) is 33.7. The summed E-state index contributed by atoms with van der Waals surface area (Å²) in [5.41, 5.74) is 1.84. The Morgan fingerprint density at radius 3 is 1.71 bits per heavy atom. The van der Waals surface area contributed by atoms with Crippen LogP contribution < -0.4 is 10.2 Å². The molecule has 4 aliphatic rings. The normalized spacial score (nSPS) is 20.9. The second kappa shape index (κ2) is 16.8. The minimum absolute atomic E-state index is 0.508. The van der Waals surface area contributed by atoms with Crippen LogP contribution in [0.5, 0.6) is 0 Å². The maximum absolute atomic E-state index is 5.97. The highest BCUT2D eigenvalue weighted by molar-refractivity contribution is 9.11. The number of aromatic nitrogens is 4. The highest BCUT2D eigenvalue weighted by Crippen LogP contribution is 2.31. The van der Waals surface area contributed by atoms with Gasteiger partial charge in [-0.05, 0) is 131 Å². The largest absolute Gasteiger partial charge is 0.348 e. The third-order valence-electron chi connectivity index (χ3n) is 9.26. The van der Waals surface area contributed by atoms with E-state index in [-0.39, 0.29) is 0 Å². The fourth-order valence-electron chi connectivity index (χ4n) is 6.85. The molecule has 4 aliphatic heterocycles. The molecule has 0 aliphatic carbocycles. The number of pyridine rings is 2. The van der Waals surface area contributed by atoms with Gasteiger partial charge in [-0.2, -0.15) is 0 Å². The summed E-state index contributed by atoms with van der Waals surface area (Å²) in [7, 11) is 0. The van der Waals surface area contributed by atoms with Crippen LogP contribution in [0.3, 0.4) is 0 Å². The zero-order valence-electron chi connectivity index (χ0n) is 25.8. The van der Waals surface area contributed by atoms with Gasteiger partial charge in [0.05, 0.1) is 0 Å². The van der Waals surface area contributed by atoms with E-state index in [9.17, 15) is 0 Å². The van der Waals surface area contributed by atoms with E-state index in [4.69, 9.17) is 28.2 Å². The van der Waals surface area contributed by atoms with E-state index in [1.54, 1.807) is 17.4 Å². The van der Waals surface area contributed by atoms with E-state index in [0.717, 1.165) is 54.9 Å². The van der Waals surface area contributed by atoms with Crippen LogP contribution in [0.4, 0.5) is 5.13 Å². The van der Waals surface area contributed by atoms with Gasteiger partial charge in [-0.25, -0.2) is 19.9 Å². The summed E-state index contributed by atoms with van der Waals surface area (Å²) in [6.45, 7) is 10.0. The van der Waals surface area contributed by atoms with E-state index in [0.29, 0.717) is 10.3 Å². The predicted octanol–water partition coefficient (Wildman–Crippen LogP) is 8.13. The van der Waals surface area contributed by atoms with Crippen LogP contribution in [0.15, 0.2) is 28.2 Å². The van der Waals surface area contributed by atoms with E-state index in [1.165, 1.54) is 115 Å². The molecule has 0 unspecified atom stereocenters. The zero-order valence-corrected chi connectivity index (χ0v) is 30.5. The van der Waals surface area contributed by atoms with Gasteiger partial charge in [0.15, 0.2) is 9.05 Å². The highest BCUT2D eigenvalue weighted by Gasteiger charge is 2.27. The van der Waals surface area contributed by atoms with Crippen LogP contribution in [-0.2, 0) is 0 Å². The van der Waals surface area contributed by atoms with Gasteiger partial charge in [-0.15, -0.1) is 0 Å². The number of likely N-dealkylation sites (tertiary alicyclic amines) is 2. The van der Waals surface area contributed by atoms with Crippen molar-refractivity contribution < 1.29 is 0 Å². The first-order chi connectivity index (χ1) is 22.0. The first-order valence-corrected chi connectivity index (χ1v) is 19.7. The number of fused-ring (bicyclic) bond motifs is 2. The summed E-state index contributed by atoms with van der Waals surface area (Å²) < 4.78 is 0.835. The Balaban J connectivity index is 0.000000131. The number of nitrogens with zero attached hydrogens (tertiary/aromatic N) is 7. The minimum Gasteiger partial charge on any atom is -0.348 e. The Hall–Kier alpha value is -1.18. The van der Waals surface area contributed by atoms with Crippen LogP contribution in [0.2, 0.25) is 10.3 Å². The van der Waals surface area contributed by atoms with Crippen LogP contribution in [0.1, 0.15) is 64.2 Å². The van der Waals surface area contributed by atoms with Crippen LogP contribution in [0, 0.1) is 0 Å². The Kier molecular flexibility index (Phi) is 12.6. The van der Waals surface area contributed by atoms with Crippen molar-refractivity contribution in [2.24, 2.45) is 0 Å². The molecule has 0 atom stereocenters. The van der Waals surface area contributed by atoms with Crippen molar-refractivity contribution in [2.75, 3.05) is 57.3 Å². The number of anilines is 1. The first-order valence-electron chi connectivity index (χ1n) is 16.5. The molecule has 8 rings (SSSR count). The molecule has 8 nitrogen and oxygen atoms in total. The number of hydrogen-bond donors (Lipinski definition) is 1. The minimum atomic E-state index is 0.508. The molecule has 13 heteroatoms. The third-order valence-corrected chi connectivity index (χ3v) is 12.1. The van der Waals surface area contributed by atoms with Crippen molar-refractivity contribution in [2.45, 2.75) is 76.3 Å². The molecule has 0 aromatic carbocycles. The predicted molar refractivity (Wildman–Crippen MR) is 195 cm³/mol. The van der Waals surface area contributed by atoms with Crippen molar-refractivity contribution in [3.63, 3.8) is 0 Å². The fourth-order valence-corrected chi connectivity index (χ4v) is 9.55. The lowest BCUT2D eigenvalue weighted by Gasteiger charge is -2.40. The average molecular weight is 755 g/mol. The molecule has 0 spiro atoms. The van der Waals surface area contributed by atoms with Crippen molar-refractivity contribution in [1.82, 2.24) is 35.1 Å². The van der Waals surface area contributed by atoms with Crippen LogP contribution >= 0.6 is 61.8 Å². The smallest absolute Gasteiger partial charge is 0.187 e. The molecule has 4 aromatic rings. The lowest BCUT2D eigenvalue weighted by Crippen LogP contribution is -2.46. The monoisotopic (exact) mass is 752 g/mol. The summed E-state index contributed by atoms with van der Waals surface area (Å²) in [4.78, 5) is 27.0. The molecule has 4 saturated heterocycles. The highest BCUT2D eigenvalue weighted by atomic mass is 79.9. The second-order valence-corrected chi connectivity index (χ2v) is 16.3. The maximum Gasteiger partial charge on any atom is 0.187 e. The van der Waals surface area contributed by atoms with E-state index < -0.39 is 0 Å². The van der Waals surface area contributed by atoms with Crippen molar-refractivity contribution in [1.29, 1.82) is 0 Å². The van der Waals surface area contributed by atoms with Gasteiger partial charge in [0, 0.05) is 25.2 Å². The van der Waals surface area contributed by atoms with Gasteiger partial charge in [0.1, 0.15) is 31.0 Å². The Morgan fingerprint density at radius 1 is 0.622 bits per heavy atom. The van der Waals surface area contributed by atoms with Crippen LogP contribution in [0.25, 0.3) is 20.7 Å². The zero-order chi connectivity index (χ0) is 31.0. The Labute approximate surface area is 293 Å². The molecule has 4 fully saturated rings. The molecule has 45 heavy (non-hydrogen) atoms.